The number of aromatic nitrogens is 2. The zero-order valence-electron chi connectivity index (χ0n) is 15.3. The molecule has 2 heterocycles. The summed E-state index contributed by atoms with van der Waals surface area (Å²) < 4.78 is 5.76. The Morgan fingerprint density at radius 1 is 1.27 bits per heavy atom. The van der Waals surface area contributed by atoms with E-state index < -0.39 is 0 Å². The van der Waals surface area contributed by atoms with Crippen LogP contribution in [0.1, 0.15) is 41.2 Å². The Hall–Kier alpha value is -2.43. The minimum absolute atomic E-state index is 0.0404. The minimum atomic E-state index is -0.0404. The molecule has 1 aliphatic heterocycles. The Labute approximate surface area is 154 Å². The van der Waals surface area contributed by atoms with Gasteiger partial charge in [-0.25, -0.2) is 9.97 Å². The topological polar surface area (TPSA) is 64.1 Å². The van der Waals surface area contributed by atoms with Crippen LogP contribution in [0.3, 0.4) is 0 Å². The van der Waals surface area contributed by atoms with Gasteiger partial charge >= 0.3 is 0 Å². The highest BCUT2D eigenvalue weighted by Gasteiger charge is 2.23. The fourth-order valence-electron chi connectivity index (χ4n) is 3.95. The lowest BCUT2D eigenvalue weighted by molar-refractivity contribution is -0.125. The van der Waals surface area contributed by atoms with Gasteiger partial charge in [-0.3, -0.25) is 4.79 Å². The molecule has 1 N–H and O–H groups in total. The van der Waals surface area contributed by atoms with E-state index in [4.69, 9.17) is 4.74 Å². The van der Waals surface area contributed by atoms with Crippen molar-refractivity contribution in [2.75, 3.05) is 13.2 Å². The molecule has 26 heavy (non-hydrogen) atoms. The number of carbonyl (C=O) groups excluding carboxylic acids is 1. The van der Waals surface area contributed by atoms with Crippen LogP contribution in [0.25, 0.3) is 0 Å². The molecule has 5 nitrogen and oxygen atoms in total. The molecule has 1 aromatic heterocycles. The highest BCUT2D eigenvalue weighted by Crippen LogP contribution is 2.26. The van der Waals surface area contributed by atoms with Crippen molar-refractivity contribution in [3.8, 4) is 5.75 Å². The van der Waals surface area contributed by atoms with Gasteiger partial charge in [0.25, 0.3) is 0 Å². The average Bonchev–Trinajstić information content (AvgIpc) is 3.00. The molecule has 0 unspecified atom stereocenters. The molecule has 136 valence electrons. The molecule has 4 rings (SSSR count). The van der Waals surface area contributed by atoms with Gasteiger partial charge in [-0.05, 0) is 56.2 Å². The largest absolute Gasteiger partial charge is 0.493 e. The fraction of sp³-hybridized carbons (Fsp3) is 0.476. The van der Waals surface area contributed by atoms with Gasteiger partial charge < -0.3 is 10.1 Å². The van der Waals surface area contributed by atoms with E-state index in [1.807, 2.05) is 24.3 Å². The lowest BCUT2D eigenvalue weighted by Gasteiger charge is -2.14. The van der Waals surface area contributed by atoms with Crippen LogP contribution < -0.4 is 10.1 Å². The summed E-state index contributed by atoms with van der Waals surface area (Å²) in [5.41, 5.74) is 4.75. The number of ether oxygens (including phenoxy) is 1. The first-order valence-electron chi connectivity index (χ1n) is 9.54. The number of benzene rings is 1. The zero-order chi connectivity index (χ0) is 17.9. The Balaban J connectivity index is 1.34. The summed E-state index contributed by atoms with van der Waals surface area (Å²) in [5.74, 6) is 1.81. The van der Waals surface area contributed by atoms with Gasteiger partial charge in [0.2, 0.25) is 5.91 Å². The third-order valence-electron chi connectivity index (χ3n) is 5.37. The summed E-state index contributed by atoms with van der Waals surface area (Å²) in [4.78, 5) is 21.9. The number of rotatable bonds is 4. The molecule has 0 radical (unpaired) electrons. The Morgan fingerprint density at radius 2 is 2.15 bits per heavy atom. The standard InChI is InChI=1S/C21H25N3O2/c1-14-17-6-4-7-18(17)24-20(23-14)9-11-22-21(25)16-10-12-26-19-8-3-2-5-15(19)13-16/h2-3,5,8,16H,4,6-7,9-13H2,1H3,(H,22,25)/t16-/m1/s1. The summed E-state index contributed by atoms with van der Waals surface area (Å²) in [6.07, 6.45) is 5.49. The summed E-state index contributed by atoms with van der Waals surface area (Å²) in [7, 11) is 0. The third-order valence-corrected chi connectivity index (χ3v) is 5.37. The molecule has 1 amide bonds. The van der Waals surface area contributed by atoms with E-state index in [-0.39, 0.29) is 11.8 Å². The monoisotopic (exact) mass is 351 g/mol. The summed E-state index contributed by atoms with van der Waals surface area (Å²) in [5, 5.41) is 3.07. The number of nitrogens with one attached hydrogen (secondary N) is 1. The van der Waals surface area contributed by atoms with Crippen LogP contribution in [0, 0.1) is 12.8 Å². The molecule has 0 saturated carbocycles. The molecule has 1 atom stereocenters. The lowest BCUT2D eigenvalue weighted by atomic mass is 9.96. The van der Waals surface area contributed by atoms with Crippen LogP contribution >= 0.6 is 0 Å². The Kier molecular flexibility index (Phi) is 4.87. The molecule has 0 saturated heterocycles. The smallest absolute Gasteiger partial charge is 0.223 e. The number of nitrogens with zero attached hydrogens (tertiary/aromatic N) is 2. The van der Waals surface area contributed by atoms with E-state index in [0.29, 0.717) is 19.6 Å². The van der Waals surface area contributed by atoms with E-state index in [1.165, 1.54) is 17.7 Å². The van der Waals surface area contributed by atoms with Crippen molar-refractivity contribution in [3.63, 3.8) is 0 Å². The number of aryl methyl sites for hydroxylation is 2. The maximum atomic E-state index is 12.6. The van der Waals surface area contributed by atoms with E-state index >= 15 is 0 Å². The first kappa shape index (κ1) is 17.0. The van der Waals surface area contributed by atoms with Crippen molar-refractivity contribution >= 4 is 5.91 Å². The van der Waals surface area contributed by atoms with Crippen molar-refractivity contribution < 1.29 is 9.53 Å². The molecular formula is C21H25N3O2. The highest BCUT2D eigenvalue weighted by molar-refractivity contribution is 5.79. The van der Waals surface area contributed by atoms with E-state index in [0.717, 1.165) is 48.5 Å². The van der Waals surface area contributed by atoms with Gasteiger partial charge in [0, 0.05) is 30.3 Å². The van der Waals surface area contributed by atoms with E-state index in [2.05, 4.69) is 22.2 Å². The molecule has 1 aromatic carbocycles. The highest BCUT2D eigenvalue weighted by atomic mass is 16.5. The predicted molar refractivity (Wildman–Crippen MR) is 99.3 cm³/mol. The third kappa shape index (κ3) is 3.57. The van der Waals surface area contributed by atoms with Crippen LogP contribution in [0.4, 0.5) is 0 Å². The molecule has 0 bridgehead atoms. The van der Waals surface area contributed by atoms with Crippen molar-refractivity contribution in [1.82, 2.24) is 15.3 Å². The molecule has 2 aliphatic rings. The van der Waals surface area contributed by atoms with Crippen molar-refractivity contribution in [2.24, 2.45) is 5.92 Å². The van der Waals surface area contributed by atoms with E-state index in [9.17, 15) is 4.79 Å². The molecule has 0 fully saturated rings. The van der Waals surface area contributed by atoms with Gasteiger partial charge in [-0.15, -0.1) is 0 Å². The van der Waals surface area contributed by atoms with Gasteiger partial charge in [0.05, 0.1) is 6.61 Å². The molecule has 5 heteroatoms. The van der Waals surface area contributed by atoms with Crippen molar-refractivity contribution in [2.45, 2.75) is 45.4 Å². The maximum Gasteiger partial charge on any atom is 0.223 e. The first-order valence-corrected chi connectivity index (χ1v) is 9.54. The quantitative estimate of drug-likeness (QED) is 0.919. The molecule has 1 aliphatic carbocycles. The Bertz CT molecular complexity index is 819. The average molecular weight is 351 g/mol. The van der Waals surface area contributed by atoms with E-state index in [1.54, 1.807) is 0 Å². The fourth-order valence-corrected chi connectivity index (χ4v) is 3.95. The Morgan fingerprint density at radius 3 is 3.08 bits per heavy atom. The van der Waals surface area contributed by atoms with Crippen LogP contribution in [0.5, 0.6) is 5.75 Å². The second-order valence-corrected chi connectivity index (χ2v) is 7.19. The maximum absolute atomic E-state index is 12.6. The van der Waals surface area contributed by atoms with Crippen LogP contribution in [0.2, 0.25) is 0 Å². The zero-order valence-corrected chi connectivity index (χ0v) is 15.3. The predicted octanol–water partition coefficient (Wildman–Crippen LogP) is 2.57. The van der Waals surface area contributed by atoms with Gasteiger partial charge in [-0.2, -0.15) is 0 Å². The number of hydrogen-bond donors (Lipinski definition) is 1. The lowest BCUT2D eigenvalue weighted by Crippen LogP contribution is -2.33. The van der Waals surface area contributed by atoms with Crippen LogP contribution in [-0.4, -0.2) is 29.0 Å². The number of para-hydroxylation sites is 1. The number of carbonyl (C=O) groups is 1. The van der Waals surface area contributed by atoms with Crippen molar-refractivity contribution in [1.29, 1.82) is 0 Å². The molecule has 2 aromatic rings. The van der Waals surface area contributed by atoms with Gasteiger partial charge in [0.15, 0.2) is 0 Å². The number of fused-ring (bicyclic) bond motifs is 2. The number of amides is 1. The SMILES string of the molecule is Cc1nc(CCNC(=O)[C@@H]2CCOc3ccccc3C2)nc2c1CCC2. The van der Waals surface area contributed by atoms with Crippen molar-refractivity contribution in [3.05, 3.63) is 52.6 Å². The minimum Gasteiger partial charge on any atom is -0.493 e. The van der Waals surface area contributed by atoms with Gasteiger partial charge in [0.1, 0.15) is 11.6 Å². The second-order valence-electron chi connectivity index (χ2n) is 7.19. The molecular weight excluding hydrogens is 326 g/mol. The van der Waals surface area contributed by atoms with Crippen LogP contribution in [0.15, 0.2) is 24.3 Å². The first-order chi connectivity index (χ1) is 12.7. The summed E-state index contributed by atoms with van der Waals surface area (Å²) in [6, 6.07) is 7.99. The second kappa shape index (κ2) is 7.44. The normalized spacial score (nSPS) is 18.4. The van der Waals surface area contributed by atoms with Gasteiger partial charge in [-0.1, -0.05) is 18.2 Å². The summed E-state index contributed by atoms with van der Waals surface area (Å²) >= 11 is 0. The summed E-state index contributed by atoms with van der Waals surface area (Å²) in [6.45, 7) is 3.23. The number of hydrogen-bond acceptors (Lipinski definition) is 4. The van der Waals surface area contributed by atoms with Crippen LogP contribution in [-0.2, 0) is 30.5 Å². The molecule has 0 spiro atoms.